The van der Waals surface area contributed by atoms with E-state index < -0.39 is 10.0 Å². The molecule has 0 fully saturated rings. The summed E-state index contributed by atoms with van der Waals surface area (Å²) in [6.07, 6.45) is 0. The van der Waals surface area contributed by atoms with Crippen LogP contribution in [0.2, 0.25) is 0 Å². The van der Waals surface area contributed by atoms with Gasteiger partial charge >= 0.3 is 0 Å². The van der Waals surface area contributed by atoms with Crippen LogP contribution in [0.1, 0.15) is 5.56 Å². The van der Waals surface area contributed by atoms with E-state index in [0.717, 1.165) is 66.9 Å². The molecule has 3 nitrogen and oxygen atoms in total. The Morgan fingerprint density at radius 1 is 0.353 bits per heavy atom. The fourth-order valence-corrected chi connectivity index (χ4v) is 13.4. The third-order valence-corrected chi connectivity index (χ3v) is 16.6. The molecular weight excluding hydrogens is 845 g/mol. The van der Waals surface area contributed by atoms with Crippen LogP contribution < -0.4 is 9.64 Å². The minimum atomic E-state index is -2.20. The molecule has 0 bridgehead atoms. The number of hydrogen-bond donors (Lipinski definition) is 0. The SMILES string of the molecule is C(#CS(c1ccccc1)(c1ccccc1)c1ccc2c(c1)c1ccccc1n2-c1ccccc1)c1c2ccccc2c(-c2cccc(N3c4ccccc4Oc4ccccc43)c2)c2ccccc12. The Kier molecular flexibility index (Phi) is 9.49. The van der Waals surface area contributed by atoms with Crippen LogP contribution in [0.4, 0.5) is 17.1 Å². The normalized spacial score (nSPS) is 12.3. The van der Waals surface area contributed by atoms with Gasteiger partial charge in [-0.25, -0.2) is 0 Å². The first-order valence-electron chi connectivity index (χ1n) is 23.0. The van der Waals surface area contributed by atoms with Gasteiger partial charge in [0.15, 0.2) is 11.5 Å². The minimum Gasteiger partial charge on any atom is -0.453 e. The van der Waals surface area contributed by atoms with Crippen LogP contribution in [0.3, 0.4) is 0 Å². The van der Waals surface area contributed by atoms with Crippen molar-refractivity contribution in [3.8, 4) is 39.5 Å². The van der Waals surface area contributed by atoms with E-state index in [1.54, 1.807) is 0 Å². The fraction of sp³-hybridized carbons (Fsp3) is 0. The highest BCUT2D eigenvalue weighted by Crippen LogP contribution is 2.68. The van der Waals surface area contributed by atoms with Gasteiger partial charge in [0.1, 0.15) is 0 Å². The number of rotatable bonds is 6. The third kappa shape index (κ3) is 6.32. The van der Waals surface area contributed by atoms with E-state index in [4.69, 9.17) is 4.74 Å². The van der Waals surface area contributed by atoms with Gasteiger partial charge in [-0.2, -0.15) is 0 Å². The molecule has 0 atom stereocenters. The maximum absolute atomic E-state index is 6.40. The minimum absolute atomic E-state index is 0.832. The van der Waals surface area contributed by atoms with Gasteiger partial charge in [-0.3, -0.25) is 0 Å². The van der Waals surface area contributed by atoms with Crippen molar-refractivity contribution in [1.29, 1.82) is 0 Å². The number of hydrogen-bond acceptors (Lipinski definition) is 2. The smallest absolute Gasteiger partial charge is 0.151 e. The van der Waals surface area contributed by atoms with Crippen molar-refractivity contribution in [2.45, 2.75) is 14.7 Å². The number of nitrogens with zero attached hydrogens (tertiary/aromatic N) is 2. The van der Waals surface area contributed by atoms with Crippen LogP contribution in [-0.4, -0.2) is 4.57 Å². The van der Waals surface area contributed by atoms with Gasteiger partial charge in [-0.15, -0.1) is 0 Å². The Morgan fingerprint density at radius 2 is 0.853 bits per heavy atom. The highest BCUT2D eigenvalue weighted by atomic mass is 32.3. The quantitative estimate of drug-likeness (QED) is 0.122. The molecule has 0 amide bonds. The van der Waals surface area contributed by atoms with E-state index in [1.165, 1.54) is 42.1 Å². The van der Waals surface area contributed by atoms with Crippen molar-refractivity contribution in [2.24, 2.45) is 0 Å². The summed E-state index contributed by atoms with van der Waals surface area (Å²) in [5.74, 6) is 5.67. The fourth-order valence-electron chi connectivity index (χ4n) is 10.3. The summed E-state index contributed by atoms with van der Waals surface area (Å²) in [6.45, 7) is 0. The lowest BCUT2D eigenvalue weighted by atomic mass is 9.88. The summed E-state index contributed by atoms with van der Waals surface area (Å²) in [4.78, 5) is 5.89. The molecule has 0 radical (unpaired) electrons. The first-order chi connectivity index (χ1) is 33.7. The topological polar surface area (TPSA) is 17.4 Å². The molecule has 4 heteroatoms. The van der Waals surface area contributed by atoms with Gasteiger partial charge in [0.25, 0.3) is 0 Å². The molecule has 1 aliphatic rings. The van der Waals surface area contributed by atoms with Crippen LogP contribution in [-0.2, 0) is 0 Å². The summed E-state index contributed by atoms with van der Waals surface area (Å²) in [6, 6.07) is 91.5. The number of para-hydroxylation sites is 6. The molecule has 0 N–H and O–H groups in total. The predicted molar refractivity (Wildman–Crippen MR) is 285 cm³/mol. The molecule has 12 aromatic rings. The van der Waals surface area contributed by atoms with E-state index in [0.29, 0.717) is 0 Å². The van der Waals surface area contributed by atoms with Crippen molar-refractivity contribution in [1.82, 2.24) is 4.57 Å². The molecule has 68 heavy (non-hydrogen) atoms. The number of fused-ring (bicyclic) bond motifs is 7. The maximum Gasteiger partial charge on any atom is 0.151 e. The van der Waals surface area contributed by atoms with E-state index in [2.05, 4.69) is 251 Å². The number of benzene rings is 11. The second-order valence-corrected chi connectivity index (χ2v) is 19.9. The molecule has 0 unspecified atom stereocenters. The largest absolute Gasteiger partial charge is 0.453 e. The lowest BCUT2D eigenvalue weighted by molar-refractivity contribution is 0.477. The molecule has 0 saturated heterocycles. The van der Waals surface area contributed by atoms with Crippen molar-refractivity contribution in [3.05, 3.63) is 260 Å². The summed E-state index contributed by atoms with van der Waals surface area (Å²) >= 11 is 0. The molecule has 13 rings (SSSR count). The van der Waals surface area contributed by atoms with Crippen molar-refractivity contribution in [2.75, 3.05) is 4.90 Å². The van der Waals surface area contributed by atoms with E-state index >= 15 is 0 Å². The lowest BCUT2D eigenvalue weighted by Crippen LogP contribution is -2.15. The number of ether oxygens (including phenoxy) is 1. The summed E-state index contributed by atoms with van der Waals surface area (Å²) in [5.41, 5.74) is 9.91. The summed E-state index contributed by atoms with van der Waals surface area (Å²) < 4.78 is 8.79. The Balaban J connectivity index is 1.05. The summed E-state index contributed by atoms with van der Waals surface area (Å²) in [7, 11) is -2.20. The molecule has 0 spiro atoms. The average Bonchev–Trinajstić information content (AvgIpc) is 3.74. The van der Waals surface area contributed by atoms with Crippen molar-refractivity contribution >= 4 is 70.4 Å². The van der Waals surface area contributed by atoms with Gasteiger partial charge in [0, 0.05) is 42.4 Å². The van der Waals surface area contributed by atoms with Crippen molar-refractivity contribution < 1.29 is 4.74 Å². The van der Waals surface area contributed by atoms with Gasteiger partial charge in [-0.05, 0) is 135 Å². The molecule has 320 valence electrons. The standard InChI is InChI=1S/C64H42N2OS/c1-4-22-46(23-5-1)65-58-34-15-14-31-54(58)57-44-50(39-40-59(57)65)68(48-25-6-2-7-26-48,49-27-8-3-9-28-49)42-41-53-51-29-10-12-32-55(51)64(56-33-13-11-30-52(53)56)45-21-20-24-47(43-45)66-60-35-16-18-37-62(60)67-63-38-19-17-36-61(63)66/h1-40,43-44H. The third-order valence-electron chi connectivity index (χ3n) is 13.3. The Morgan fingerprint density at radius 3 is 1.49 bits per heavy atom. The van der Waals surface area contributed by atoms with Crippen molar-refractivity contribution in [3.63, 3.8) is 0 Å². The molecule has 1 aromatic heterocycles. The molecule has 1 aliphatic heterocycles. The van der Waals surface area contributed by atoms with Gasteiger partial charge in [0.05, 0.1) is 22.4 Å². The highest BCUT2D eigenvalue weighted by molar-refractivity contribution is 8.37. The highest BCUT2D eigenvalue weighted by Gasteiger charge is 2.31. The second-order valence-electron chi connectivity index (χ2n) is 17.1. The van der Waals surface area contributed by atoms with E-state index in [9.17, 15) is 0 Å². The molecule has 2 heterocycles. The Labute approximate surface area is 397 Å². The molecule has 11 aromatic carbocycles. The second kappa shape index (κ2) is 16.3. The zero-order valence-corrected chi connectivity index (χ0v) is 37.8. The van der Waals surface area contributed by atoms with E-state index in [-0.39, 0.29) is 0 Å². The first kappa shape index (κ1) is 39.6. The molecule has 0 saturated carbocycles. The van der Waals surface area contributed by atoms with E-state index in [1.807, 2.05) is 24.3 Å². The number of anilines is 3. The van der Waals surface area contributed by atoms with Gasteiger partial charge in [-0.1, -0.05) is 174 Å². The van der Waals surface area contributed by atoms with Gasteiger partial charge < -0.3 is 14.2 Å². The molecular formula is C64H42N2OS. The monoisotopic (exact) mass is 886 g/mol. The maximum atomic E-state index is 6.40. The Bertz CT molecular complexity index is 3820. The zero-order valence-electron chi connectivity index (χ0n) is 37.0. The predicted octanol–water partition coefficient (Wildman–Crippen LogP) is 17.6. The van der Waals surface area contributed by atoms with Crippen LogP contribution in [0.5, 0.6) is 11.5 Å². The molecule has 0 aliphatic carbocycles. The van der Waals surface area contributed by atoms with Crippen LogP contribution in [0, 0.1) is 11.2 Å². The lowest BCUT2D eigenvalue weighted by Gasteiger charge is -2.36. The zero-order chi connectivity index (χ0) is 45.0. The van der Waals surface area contributed by atoms with Crippen LogP contribution in [0.25, 0.3) is 60.2 Å². The summed E-state index contributed by atoms with van der Waals surface area (Å²) in [5, 5.41) is 11.2. The number of aromatic nitrogens is 1. The van der Waals surface area contributed by atoms with Gasteiger partial charge in [0.2, 0.25) is 0 Å². The average molecular weight is 887 g/mol. The Hall–Kier alpha value is -8.75. The first-order valence-corrected chi connectivity index (χ1v) is 24.6. The van der Waals surface area contributed by atoms with Crippen LogP contribution in [0.15, 0.2) is 269 Å². The van der Waals surface area contributed by atoms with Crippen LogP contribution >= 0.6 is 10.0 Å².